The van der Waals surface area contributed by atoms with Gasteiger partial charge in [-0.15, -0.1) is 0 Å². The molecule has 0 atom stereocenters. The summed E-state index contributed by atoms with van der Waals surface area (Å²) in [6.45, 7) is 5.03. The van der Waals surface area contributed by atoms with Crippen LogP contribution in [0.4, 0.5) is 5.69 Å². The van der Waals surface area contributed by atoms with Gasteiger partial charge in [0.15, 0.2) is 0 Å². The third-order valence-corrected chi connectivity index (χ3v) is 4.96. The molecule has 0 saturated heterocycles. The monoisotopic (exact) mass is 377 g/mol. The van der Waals surface area contributed by atoms with Gasteiger partial charge in [0.1, 0.15) is 0 Å². The van der Waals surface area contributed by atoms with Crippen LogP contribution in [0, 0.1) is 6.92 Å². The Morgan fingerprint density at radius 3 is 2.15 bits per heavy atom. The van der Waals surface area contributed by atoms with Crippen LogP contribution in [0.5, 0.6) is 0 Å². The number of carboxylic acid groups (broad SMARTS) is 1. The highest BCUT2D eigenvalue weighted by atomic mass is 32.2. The summed E-state index contributed by atoms with van der Waals surface area (Å²) in [5.41, 5.74) is 0.833. The number of aromatic carboxylic acids is 1. The van der Waals surface area contributed by atoms with Crippen molar-refractivity contribution in [2.45, 2.75) is 31.8 Å². The van der Waals surface area contributed by atoms with E-state index in [0.717, 1.165) is 6.07 Å². The maximum absolute atomic E-state index is 12.6. The average Bonchev–Trinajstić information content (AvgIpc) is 2.54. The molecule has 0 unspecified atom stereocenters. The Labute approximate surface area is 151 Å². The number of ether oxygens (including phenoxy) is 1. The van der Waals surface area contributed by atoms with Crippen molar-refractivity contribution >= 4 is 27.6 Å². The van der Waals surface area contributed by atoms with Gasteiger partial charge in [-0.25, -0.2) is 18.0 Å². The summed E-state index contributed by atoms with van der Waals surface area (Å²) in [4.78, 5) is 22.7. The lowest BCUT2D eigenvalue weighted by atomic mass is 10.1. The fourth-order valence-corrected chi connectivity index (χ4v) is 3.52. The number of esters is 1. The minimum atomic E-state index is -3.98. The Balaban J connectivity index is 2.26. The molecule has 26 heavy (non-hydrogen) atoms. The van der Waals surface area contributed by atoms with E-state index < -0.39 is 22.0 Å². The fraction of sp³-hybridized carbons (Fsp3) is 0.222. The summed E-state index contributed by atoms with van der Waals surface area (Å²) >= 11 is 0. The molecular formula is C18H19NO6S. The lowest BCUT2D eigenvalue weighted by Gasteiger charge is -2.12. The van der Waals surface area contributed by atoms with Crippen LogP contribution in [-0.2, 0) is 14.8 Å². The summed E-state index contributed by atoms with van der Waals surface area (Å²) in [6.07, 6.45) is -0.259. The van der Waals surface area contributed by atoms with Crippen LogP contribution in [0.3, 0.4) is 0 Å². The van der Waals surface area contributed by atoms with Gasteiger partial charge in [0, 0.05) is 5.69 Å². The van der Waals surface area contributed by atoms with E-state index in [1.54, 1.807) is 20.8 Å². The standard InChI is InChI=1S/C18H19NO6S/c1-11(2)25-18(22)13-6-8-15(9-7-13)19-26(23,24)16-10-14(17(20)21)5-4-12(16)3/h4-11,19H,1-3H3,(H,20,21). The highest BCUT2D eigenvalue weighted by Gasteiger charge is 2.19. The molecular weight excluding hydrogens is 358 g/mol. The zero-order valence-electron chi connectivity index (χ0n) is 14.5. The maximum Gasteiger partial charge on any atom is 0.338 e. The van der Waals surface area contributed by atoms with E-state index in [9.17, 15) is 18.0 Å². The molecule has 0 saturated carbocycles. The molecule has 0 heterocycles. The molecule has 0 aromatic heterocycles. The van der Waals surface area contributed by atoms with Crippen molar-refractivity contribution in [1.29, 1.82) is 0 Å². The number of carbonyl (C=O) groups is 2. The molecule has 0 aliphatic rings. The van der Waals surface area contributed by atoms with Crippen LogP contribution in [0.2, 0.25) is 0 Å². The predicted molar refractivity (Wildman–Crippen MR) is 95.9 cm³/mol. The van der Waals surface area contributed by atoms with Gasteiger partial charge in [-0.1, -0.05) is 6.07 Å². The second kappa shape index (κ2) is 7.57. The number of rotatable bonds is 6. The Morgan fingerprint density at radius 1 is 1.04 bits per heavy atom. The van der Waals surface area contributed by atoms with E-state index in [0.29, 0.717) is 11.1 Å². The zero-order chi connectivity index (χ0) is 19.5. The third-order valence-electron chi connectivity index (χ3n) is 3.44. The Hall–Kier alpha value is -2.87. The van der Waals surface area contributed by atoms with Crippen molar-refractivity contribution in [3.63, 3.8) is 0 Å². The van der Waals surface area contributed by atoms with Crippen molar-refractivity contribution < 1.29 is 27.9 Å². The highest BCUT2D eigenvalue weighted by molar-refractivity contribution is 7.92. The zero-order valence-corrected chi connectivity index (χ0v) is 15.3. The Kier molecular flexibility index (Phi) is 5.66. The number of carboxylic acids is 1. The number of hydrogen-bond acceptors (Lipinski definition) is 5. The van der Waals surface area contributed by atoms with Crippen LogP contribution in [-0.4, -0.2) is 31.6 Å². The first-order valence-corrected chi connectivity index (χ1v) is 9.26. The van der Waals surface area contributed by atoms with Crippen LogP contribution >= 0.6 is 0 Å². The predicted octanol–water partition coefficient (Wildman–Crippen LogP) is 3.06. The Morgan fingerprint density at radius 2 is 1.62 bits per heavy atom. The van der Waals surface area contributed by atoms with Crippen molar-refractivity contribution in [2.24, 2.45) is 0 Å². The molecule has 0 aliphatic carbocycles. The number of sulfonamides is 1. The van der Waals surface area contributed by atoms with Gasteiger partial charge in [-0.2, -0.15) is 0 Å². The first-order valence-electron chi connectivity index (χ1n) is 7.78. The lowest BCUT2D eigenvalue weighted by molar-refractivity contribution is 0.0377. The molecule has 0 radical (unpaired) electrons. The lowest BCUT2D eigenvalue weighted by Crippen LogP contribution is -2.15. The van der Waals surface area contributed by atoms with Crippen molar-refractivity contribution in [1.82, 2.24) is 0 Å². The summed E-state index contributed by atoms with van der Waals surface area (Å²) in [5, 5.41) is 9.04. The molecule has 0 bridgehead atoms. The normalized spacial score (nSPS) is 11.2. The number of aryl methyl sites for hydroxylation is 1. The highest BCUT2D eigenvalue weighted by Crippen LogP contribution is 2.21. The summed E-state index contributed by atoms with van der Waals surface area (Å²) in [7, 11) is -3.98. The van der Waals surface area contributed by atoms with Gasteiger partial charge >= 0.3 is 11.9 Å². The minimum absolute atomic E-state index is 0.122. The quantitative estimate of drug-likeness (QED) is 0.749. The van der Waals surface area contributed by atoms with E-state index in [1.165, 1.54) is 36.4 Å². The van der Waals surface area contributed by atoms with Crippen LogP contribution in [0.15, 0.2) is 47.4 Å². The molecule has 8 heteroatoms. The average molecular weight is 377 g/mol. The van der Waals surface area contributed by atoms with Crippen molar-refractivity contribution in [3.8, 4) is 0 Å². The van der Waals surface area contributed by atoms with E-state index in [4.69, 9.17) is 9.84 Å². The van der Waals surface area contributed by atoms with E-state index in [2.05, 4.69) is 4.72 Å². The van der Waals surface area contributed by atoms with Gasteiger partial charge in [-0.3, -0.25) is 4.72 Å². The first-order chi connectivity index (χ1) is 12.1. The van der Waals surface area contributed by atoms with Gasteiger partial charge < -0.3 is 9.84 Å². The molecule has 2 aromatic carbocycles. The molecule has 2 N–H and O–H groups in total. The van der Waals surface area contributed by atoms with E-state index in [1.807, 2.05) is 0 Å². The van der Waals surface area contributed by atoms with Crippen molar-refractivity contribution in [3.05, 3.63) is 59.2 Å². The molecule has 7 nitrogen and oxygen atoms in total. The smallest absolute Gasteiger partial charge is 0.338 e. The molecule has 0 spiro atoms. The number of hydrogen-bond donors (Lipinski definition) is 2. The van der Waals surface area contributed by atoms with Crippen LogP contribution in [0.25, 0.3) is 0 Å². The van der Waals surface area contributed by atoms with E-state index in [-0.39, 0.29) is 22.3 Å². The molecule has 138 valence electrons. The number of carbonyl (C=O) groups excluding carboxylic acids is 1. The second-order valence-corrected chi connectivity index (χ2v) is 7.57. The van der Waals surface area contributed by atoms with Crippen molar-refractivity contribution in [2.75, 3.05) is 4.72 Å². The first kappa shape index (κ1) is 19.5. The van der Waals surface area contributed by atoms with Gasteiger partial charge in [0.25, 0.3) is 10.0 Å². The largest absolute Gasteiger partial charge is 0.478 e. The van der Waals surface area contributed by atoms with E-state index >= 15 is 0 Å². The molecule has 0 fully saturated rings. The van der Waals surface area contributed by atoms with Gasteiger partial charge in [-0.05, 0) is 62.7 Å². The number of benzene rings is 2. The Bertz CT molecular complexity index is 933. The summed E-state index contributed by atoms with van der Waals surface area (Å²) < 4.78 is 32.6. The minimum Gasteiger partial charge on any atom is -0.478 e. The molecule has 0 amide bonds. The SMILES string of the molecule is Cc1ccc(C(=O)O)cc1S(=O)(=O)Nc1ccc(C(=O)OC(C)C)cc1. The van der Waals surface area contributed by atoms with Gasteiger partial charge in [0.05, 0.1) is 22.1 Å². The molecule has 0 aliphatic heterocycles. The summed E-state index contributed by atoms with van der Waals surface area (Å²) in [6, 6.07) is 9.64. The fourth-order valence-electron chi connectivity index (χ4n) is 2.19. The second-order valence-electron chi connectivity index (χ2n) is 5.92. The number of nitrogens with one attached hydrogen (secondary N) is 1. The number of anilines is 1. The molecule has 2 aromatic rings. The van der Waals surface area contributed by atoms with Crippen LogP contribution in [0.1, 0.15) is 40.1 Å². The van der Waals surface area contributed by atoms with Crippen LogP contribution < -0.4 is 4.72 Å². The topological polar surface area (TPSA) is 110 Å². The van der Waals surface area contributed by atoms with Gasteiger partial charge in [0.2, 0.25) is 0 Å². The summed E-state index contributed by atoms with van der Waals surface area (Å²) in [5.74, 6) is -1.71. The molecule has 2 rings (SSSR count). The maximum atomic E-state index is 12.6. The third kappa shape index (κ3) is 4.60.